The molecule has 0 spiro atoms. The van der Waals surface area contributed by atoms with Crippen molar-refractivity contribution in [2.24, 2.45) is 0 Å². The highest BCUT2D eigenvalue weighted by Crippen LogP contribution is 2.50. The largest absolute Gasteiger partial charge is 0.460 e. The number of thioether (sulfide) groups is 2. The van der Waals surface area contributed by atoms with Crippen LogP contribution in [0.5, 0.6) is 0 Å². The van der Waals surface area contributed by atoms with E-state index in [1.807, 2.05) is 152 Å². The van der Waals surface area contributed by atoms with Crippen molar-refractivity contribution >= 4 is 59.1 Å². The highest BCUT2D eigenvalue weighted by atomic mass is 32.2. The van der Waals surface area contributed by atoms with Gasteiger partial charge >= 0.3 is 11.9 Å². The summed E-state index contributed by atoms with van der Waals surface area (Å²) in [6, 6.07) is 57.8. The summed E-state index contributed by atoms with van der Waals surface area (Å²) in [5, 5.41) is 11.1. The molecule has 77 heavy (non-hydrogen) atoms. The lowest BCUT2D eigenvalue weighted by Crippen LogP contribution is -2.61. The molecule has 400 valence electrons. The summed E-state index contributed by atoms with van der Waals surface area (Å²) in [6.45, 7) is 7.63. The van der Waals surface area contributed by atoms with Gasteiger partial charge in [-0.25, -0.2) is 0 Å². The Morgan fingerprint density at radius 2 is 1.04 bits per heavy atom. The van der Waals surface area contributed by atoms with Gasteiger partial charge in [0, 0.05) is 12.2 Å². The standard InChI is InChI=1S/C63H68N4O8S2/c1-60(2,3)75-55(69)40-39-52-57(71)66-53(44-77-63(48-32-18-9-19-33-48,49-34-20-10-21-35-49)50-36-22-11-23-37-50)58(72)67-61(4,5)59(73)64-43-56(70)74-51(42-54(68)65-52)38-24-25-41-76-62(45-26-12-6-13-27-45,46-28-14-7-15-29-46)47-30-16-8-17-31-47/h6-24,26-38,51-53H,25,39-44H2,1-5H3,(H,64,73)(H,65,68)(H,66,71)(H,67,72)/t51-,52-,53-/m1/s1. The Morgan fingerprint density at radius 3 is 1.47 bits per heavy atom. The molecule has 0 aliphatic carbocycles. The van der Waals surface area contributed by atoms with Gasteiger partial charge in [0.15, 0.2) is 0 Å². The monoisotopic (exact) mass is 1070 g/mol. The third-order valence-electron chi connectivity index (χ3n) is 12.9. The Morgan fingerprint density at radius 1 is 0.610 bits per heavy atom. The van der Waals surface area contributed by atoms with E-state index in [4.69, 9.17) is 9.47 Å². The first-order valence-electron chi connectivity index (χ1n) is 25.9. The van der Waals surface area contributed by atoms with Crippen LogP contribution < -0.4 is 21.3 Å². The number of cyclic esters (lactones) is 1. The van der Waals surface area contributed by atoms with Gasteiger partial charge in [0.25, 0.3) is 0 Å². The summed E-state index contributed by atoms with van der Waals surface area (Å²) in [6.07, 6.45) is 2.06. The third kappa shape index (κ3) is 15.2. The maximum atomic E-state index is 14.8. The quantitative estimate of drug-likeness (QED) is 0.0299. The molecule has 6 aromatic rings. The van der Waals surface area contributed by atoms with Crippen LogP contribution in [0.25, 0.3) is 0 Å². The predicted octanol–water partition coefficient (Wildman–Crippen LogP) is 9.80. The van der Waals surface area contributed by atoms with Crippen LogP contribution in [0.2, 0.25) is 0 Å². The van der Waals surface area contributed by atoms with Crippen molar-refractivity contribution in [1.29, 1.82) is 0 Å². The minimum absolute atomic E-state index is 0.0265. The Bertz CT molecular complexity index is 2750. The normalized spacial score (nSPS) is 18.0. The molecule has 1 aliphatic rings. The number of rotatable bonds is 17. The van der Waals surface area contributed by atoms with Gasteiger partial charge in [-0.05, 0) is 92.7 Å². The average Bonchev–Trinajstić information content (AvgIpc) is 3.47. The van der Waals surface area contributed by atoms with Gasteiger partial charge in [0.05, 0.1) is 15.9 Å². The minimum atomic E-state index is -1.59. The van der Waals surface area contributed by atoms with Crippen LogP contribution in [0.15, 0.2) is 194 Å². The lowest BCUT2D eigenvalue weighted by molar-refractivity contribution is -0.155. The lowest BCUT2D eigenvalue weighted by Gasteiger charge is -2.37. The van der Waals surface area contributed by atoms with E-state index in [1.54, 1.807) is 38.6 Å². The van der Waals surface area contributed by atoms with Crippen LogP contribution in [0, 0.1) is 0 Å². The molecule has 0 saturated carbocycles. The Hall–Kier alpha value is -7.42. The molecule has 7 rings (SSSR count). The summed E-state index contributed by atoms with van der Waals surface area (Å²) in [5.41, 5.74) is 3.65. The molecule has 0 aromatic heterocycles. The van der Waals surface area contributed by atoms with Crippen LogP contribution in [0.3, 0.4) is 0 Å². The van der Waals surface area contributed by atoms with E-state index in [0.717, 1.165) is 33.4 Å². The van der Waals surface area contributed by atoms with Crippen molar-refractivity contribution in [2.75, 3.05) is 18.1 Å². The van der Waals surface area contributed by atoms with Gasteiger partial charge in [0.1, 0.15) is 35.9 Å². The Kier molecular flexibility index (Phi) is 19.8. The molecule has 3 atom stereocenters. The summed E-state index contributed by atoms with van der Waals surface area (Å²) in [7, 11) is 0. The third-order valence-corrected chi connectivity index (χ3v) is 16.1. The first kappa shape index (κ1) is 57.3. The predicted molar refractivity (Wildman–Crippen MR) is 306 cm³/mol. The van der Waals surface area contributed by atoms with Gasteiger partial charge in [-0.2, -0.15) is 0 Å². The van der Waals surface area contributed by atoms with Crippen LogP contribution in [-0.2, 0) is 47.7 Å². The maximum Gasteiger partial charge on any atom is 0.326 e. The number of allylic oxidation sites excluding steroid dienone is 1. The molecular formula is C63H68N4O8S2. The molecule has 1 saturated heterocycles. The number of nitrogens with one attached hydrogen (secondary N) is 4. The smallest absolute Gasteiger partial charge is 0.326 e. The molecule has 14 heteroatoms. The molecule has 0 unspecified atom stereocenters. The van der Waals surface area contributed by atoms with E-state index in [-0.39, 0.29) is 18.6 Å². The summed E-state index contributed by atoms with van der Waals surface area (Å²) in [5.74, 6) is -3.61. The van der Waals surface area contributed by atoms with Crippen LogP contribution >= 0.6 is 23.5 Å². The first-order valence-corrected chi connectivity index (χ1v) is 27.9. The first-order chi connectivity index (χ1) is 37.0. The van der Waals surface area contributed by atoms with Gasteiger partial charge in [0.2, 0.25) is 23.6 Å². The van der Waals surface area contributed by atoms with Gasteiger partial charge in [-0.3, -0.25) is 28.8 Å². The van der Waals surface area contributed by atoms with Crippen molar-refractivity contribution in [3.63, 3.8) is 0 Å². The van der Waals surface area contributed by atoms with Crippen molar-refractivity contribution in [1.82, 2.24) is 21.3 Å². The number of carbonyl (C=O) groups excluding carboxylic acids is 6. The molecule has 1 fully saturated rings. The summed E-state index contributed by atoms with van der Waals surface area (Å²) < 4.78 is 9.96. The zero-order chi connectivity index (χ0) is 54.9. The van der Waals surface area contributed by atoms with Gasteiger partial charge in [-0.15, -0.1) is 23.5 Å². The van der Waals surface area contributed by atoms with Crippen molar-refractivity contribution < 1.29 is 38.2 Å². The average molecular weight is 1070 g/mol. The van der Waals surface area contributed by atoms with Gasteiger partial charge < -0.3 is 30.7 Å². The number of hydrogen-bond acceptors (Lipinski definition) is 10. The van der Waals surface area contributed by atoms with E-state index < -0.39 is 87.4 Å². The zero-order valence-electron chi connectivity index (χ0n) is 44.2. The van der Waals surface area contributed by atoms with Crippen LogP contribution in [0.4, 0.5) is 0 Å². The molecule has 4 N–H and O–H groups in total. The molecule has 12 nitrogen and oxygen atoms in total. The number of esters is 2. The molecule has 4 amide bonds. The van der Waals surface area contributed by atoms with E-state index in [1.165, 1.54) is 25.6 Å². The molecular weight excluding hydrogens is 1000 g/mol. The number of carbonyl (C=O) groups is 6. The maximum absolute atomic E-state index is 14.8. The SMILES string of the molecule is CC(C)(C)OC(=O)CC[C@H]1NC(=O)C[C@@H](C=CCCSC(c2ccccc2)(c2ccccc2)c2ccccc2)OC(=O)CNC(=O)C(C)(C)NC(=O)[C@@H](CSC(c2ccccc2)(c2ccccc2)c2ccccc2)NC1=O. The molecule has 1 aliphatic heterocycles. The minimum Gasteiger partial charge on any atom is -0.460 e. The fraction of sp³-hybridized carbons (Fsp3) is 0.302. The lowest BCUT2D eigenvalue weighted by atomic mass is 9.84. The summed E-state index contributed by atoms with van der Waals surface area (Å²) in [4.78, 5) is 84.3. The van der Waals surface area contributed by atoms with E-state index in [2.05, 4.69) is 57.7 Å². The fourth-order valence-corrected chi connectivity index (χ4v) is 12.3. The molecule has 0 radical (unpaired) electrons. The highest BCUT2D eigenvalue weighted by Gasteiger charge is 2.41. The fourth-order valence-electron chi connectivity index (χ4n) is 9.27. The van der Waals surface area contributed by atoms with E-state index in [9.17, 15) is 28.8 Å². The number of amides is 4. The Balaban J connectivity index is 1.18. The second kappa shape index (κ2) is 26.6. The van der Waals surface area contributed by atoms with E-state index >= 15 is 0 Å². The van der Waals surface area contributed by atoms with Crippen LogP contribution in [0.1, 0.15) is 93.7 Å². The number of benzene rings is 6. The topological polar surface area (TPSA) is 169 Å². The van der Waals surface area contributed by atoms with Gasteiger partial charge in [-0.1, -0.05) is 188 Å². The van der Waals surface area contributed by atoms with Crippen molar-refractivity contribution in [3.8, 4) is 0 Å². The summed E-state index contributed by atoms with van der Waals surface area (Å²) >= 11 is 3.18. The highest BCUT2D eigenvalue weighted by molar-refractivity contribution is 8.00. The van der Waals surface area contributed by atoms with Crippen LogP contribution in [-0.4, -0.2) is 82.9 Å². The number of hydrogen-bond donors (Lipinski definition) is 4. The molecule has 1 heterocycles. The van der Waals surface area contributed by atoms with Crippen molar-refractivity contribution in [3.05, 3.63) is 228 Å². The second-order valence-electron chi connectivity index (χ2n) is 20.3. The number of ether oxygens (including phenoxy) is 2. The zero-order valence-corrected chi connectivity index (χ0v) is 45.9. The molecule has 0 bridgehead atoms. The second-order valence-corrected chi connectivity index (χ2v) is 22.8. The van der Waals surface area contributed by atoms with E-state index in [0.29, 0.717) is 12.2 Å². The Labute approximate surface area is 461 Å². The van der Waals surface area contributed by atoms with Crippen molar-refractivity contribution in [2.45, 2.75) is 99.1 Å². The molecule has 6 aromatic carbocycles.